The lowest BCUT2D eigenvalue weighted by Crippen LogP contribution is -2.54. The molecule has 0 saturated carbocycles. The fraction of sp³-hybridized carbons (Fsp3) is 0.600. The average molecular weight is 341 g/mol. The van der Waals surface area contributed by atoms with Crippen molar-refractivity contribution < 1.29 is 13.3 Å². The lowest BCUT2D eigenvalue weighted by molar-refractivity contribution is -0.388. The number of hydrogen-bond donors (Lipinski definition) is 1. The first-order valence-corrected chi connectivity index (χ1v) is 8.93. The maximum Gasteiger partial charge on any atom is 0.289 e. The molecule has 1 unspecified atom stereocenters. The fourth-order valence-corrected chi connectivity index (χ4v) is 4.97. The van der Waals surface area contributed by atoms with E-state index in [4.69, 9.17) is 5.73 Å². The summed E-state index contributed by atoms with van der Waals surface area (Å²) >= 11 is 0. The van der Waals surface area contributed by atoms with Crippen LogP contribution in [0, 0.1) is 29.4 Å². The van der Waals surface area contributed by atoms with Crippen molar-refractivity contribution in [1.82, 2.24) is 4.31 Å². The summed E-state index contributed by atoms with van der Waals surface area (Å²) in [5.41, 5.74) is 6.44. The van der Waals surface area contributed by atoms with Gasteiger partial charge in [0.25, 0.3) is 5.69 Å². The van der Waals surface area contributed by atoms with E-state index in [1.165, 1.54) is 10.4 Å². The second-order valence-electron chi connectivity index (χ2n) is 6.84. The second kappa shape index (κ2) is 5.85. The normalized spacial score (nSPS) is 22.0. The van der Waals surface area contributed by atoms with Gasteiger partial charge in [0.1, 0.15) is 0 Å². The Kier molecular flexibility index (Phi) is 4.53. The van der Waals surface area contributed by atoms with Crippen molar-refractivity contribution in [3.05, 3.63) is 33.4 Å². The molecule has 8 heteroatoms. The van der Waals surface area contributed by atoms with Gasteiger partial charge >= 0.3 is 0 Å². The lowest BCUT2D eigenvalue weighted by atomic mass is 9.81. The van der Waals surface area contributed by atoms with Crippen LogP contribution < -0.4 is 5.73 Å². The van der Waals surface area contributed by atoms with E-state index < -0.39 is 14.9 Å². The Hall–Kier alpha value is -1.51. The van der Waals surface area contributed by atoms with E-state index >= 15 is 0 Å². The van der Waals surface area contributed by atoms with Crippen LogP contribution in [0.15, 0.2) is 17.0 Å². The number of aryl methyl sites for hydroxylation is 1. The highest BCUT2D eigenvalue weighted by Crippen LogP contribution is 2.36. The minimum Gasteiger partial charge on any atom is -0.327 e. The highest BCUT2D eigenvalue weighted by atomic mass is 32.2. The maximum absolute atomic E-state index is 13.1. The fourth-order valence-electron chi connectivity index (χ4n) is 2.90. The van der Waals surface area contributed by atoms with E-state index in [1.807, 2.05) is 13.8 Å². The molecule has 1 aliphatic heterocycles. The summed E-state index contributed by atoms with van der Waals surface area (Å²) in [5, 5.41) is 11.3. The zero-order valence-corrected chi connectivity index (χ0v) is 14.7. The molecule has 1 aromatic rings. The minimum atomic E-state index is -3.95. The molecular formula is C15H23N3O4S. The van der Waals surface area contributed by atoms with Crippen LogP contribution in [0.25, 0.3) is 0 Å². The molecule has 0 aliphatic carbocycles. The molecule has 1 atom stereocenters. The molecule has 1 saturated heterocycles. The van der Waals surface area contributed by atoms with E-state index in [1.54, 1.807) is 19.9 Å². The first-order valence-electron chi connectivity index (χ1n) is 7.49. The molecule has 2 N–H and O–H groups in total. The molecule has 128 valence electrons. The molecule has 0 amide bonds. The Bertz CT molecular complexity index is 743. The number of hydrogen-bond acceptors (Lipinski definition) is 5. The van der Waals surface area contributed by atoms with Crippen molar-refractivity contribution in [3.8, 4) is 0 Å². The molecule has 1 heterocycles. The quantitative estimate of drug-likeness (QED) is 0.668. The SMILES string of the molecule is Cc1ccc([N+](=O)[O-])c(S(=O)(=O)N2CCC(N)C(C)(C)C2)c1C. The molecular weight excluding hydrogens is 318 g/mol. The van der Waals surface area contributed by atoms with Crippen molar-refractivity contribution in [3.63, 3.8) is 0 Å². The van der Waals surface area contributed by atoms with Crippen LogP contribution in [0.4, 0.5) is 5.69 Å². The average Bonchev–Trinajstić information content (AvgIpc) is 2.43. The van der Waals surface area contributed by atoms with Gasteiger partial charge in [-0.25, -0.2) is 8.42 Å². The number of sulfonamides is 1. The molecule has 1 aromatic carbocycles. The Morgan fingerprint density at radius 2 is 1.96 bits per heavy atom. The largest absolute Gasteiger partial charge is 0.327 e. The molecule has 1 aliphatic rings. The van der Waals surface area contributed by atoms with Crippen molar-refractivity contribution >= 4 is 15.7 Å². The van der Waals surface area contributed by atoms with Crippen LogP contribution in [-0.2, 0) is 10.0 Å². The van der Waals surface area contributed by atoms with Gasteiger partial charge in [0.2, 0.25) is 10.0 Å². The summed E-state index contributed by atoms with van der Waals surface area (Å²) in [6.07, 6.45) is 0.533. The van der Waals surface area contributed by atoms with Crippen molar-refractivity contribution in [1.29, 1.82) is 0 Å². The van der Waals surface area contributed by atoms with E-state index in [-0.39, 0.29) is 35.1 Å². The van der Waals surface area contributed by atoms with Crippen LogP contribution in [-0.4, -0.2) is 36.8 Å². The monoisotopic (exact) mass is 341 g/mol. The Morgan fingerprint density at radius 1 is 1.35 bits per heavy atom. The third kappa shape index (κ3) is 3.11. The van der Waals surface area contributed by atoms with E-state index in [0.717, 1.165) is 0 Å². The van der Waals surface area contributed by atoms with Crippen molar-refractivity contribution in [2.45, 2.75) is 45.1 Å². The van der Waals surface area contributed by atoms with E-state index in [2.05, 4.69) is 0 Å². The Labute approximate surface area is 136 Å². The molecule has 2 rings (SSSR count). The molecule has 0 bridgehead atoms. The van der Waals surface area contributed by atoms with Crippen LogP contribution in [0.2, 0.25) is 0 Å². The van der Waals surface area contributed by atoms with Crippen LogP contribution in [0.3, 0.4) is 0 Å². The maximum atomic E-state index is 13.1. The van der Waals surface area contributed by atoms with Gasteiger partial charge in [-0.2, -0.15) is 4.31 Å². The van der Waals surface area contributed by atoms with Gasteiger partial charge in [0.05, 0.1) is 4.92 Å². The molecule has 1 fully saturated rings. The molecule has 0 radical (unpaired) electrons. The van der Waals surface area contributed by atoms with Gasteiger partial charge in [-0.3, -0.25) is 10.1 Å². The van der Waals surface area contributed by atoms with Gasteiger partial charge in [0, 0.05) is 25.2 Å². The standard InChI is InChI=1S/C15H23N3O4S/c1-10-5-6-12(18(19)20)14(11(10)2)23(21,22)17-8-7-13(16)15(3,4)9-17/h5-6,13H,7-9,16H2,1-4H3. The molecule has 0 spiro atoms. The number of nitrogens with two attached hydrogens (primary N) is 1. The number of nitro groups is 1. The molecule has 7 nitrogen and oxygen atoms in total. The predicted octanol–water partition coefficient (Wildman–Crippen LogP) is 1.96. The van der Waals surface area contributed by atoms with Gasteiger partial charge in [0.15, 0.2) is 4.90 Å². The first-order chi connectivity index (χ1) is 10.5. The van der Waals surface area contributed by atoms with Gasteiger partial charge < -0.3 is 5.73 Å². The van der Waals surface area contributed by atoms with E-state index in [9.17, 15) is 18.5 Å². The number of rotatable bonds is 3. The Balaban J connectivity index is 2.57. The van der Waals surface area contributed by atoms with Crippen molar-refractivity contribution in [2.75, 3.05) is 13.1 Å². The highest BCUT2D eigenvalue weighted by Gasteiger charge is 2.41. The topological polar surface area (TPSA) is 107 Å². The second-order valence-corrected chi connectivity index (χ2v) is 8.71. The van der Waals surface area contributed by atoms with Crippen molar-refractivity contribution in [2.24, 2.45) is 11.1 Å². The van der Waals surface area contributed by atoms with E-state index in [0.29, 0.717) is 17.5 Å². The zero-order valence-electron chi connectivity index (χ0n) is 13.9. The third-order valence-corrected chi connectivity index (χ3v) is 6.75. The zero-order chi connectivity index (χ0) is 17.6. The predicted molar refractivity (Wildman–Crippen MR) is 87.7 cm³/mol. The summed E-state index contributed by atoms with van der Waals surface area (Å²) in [7, 11) is -3.95. The number of nitro benzene ring substituents is 1. The third-order valence-electron chi connectivity index (χ3n) is 4.73. The summed E-state index contributed by atoms with van der Waals surface area (Å²) in [6.45, 7) is 7.70. The van der Waals surface area contributed by atoms with Crippen LogP contribution in [0.5, 0.6) is 0 Å². The van der Waals surface area contributed by atoms with Crippen LogP contribution >= 0.6 is 0 Å². The number of nitrogens with zero attached hydrogens (tertiary/aromatic N) is 2. The summed E-state index contributed by atoms with van der Waals surface area (Å²) < 4.78 is 27.4. The summed E-state index contributed by atoms with van der Waals surface area (Å²) in [6, 6.07) is 2.74. The highest BCUT2D eigenvalue weighted by molar-refractivity contribution is 7.89. The smallest absolute Gasteiger partial charge is 0.289 e. The minimum absolute atomic E-state index is 0.0949. The summed E-state index contributed by atoms with van der Waals surface area (Å²) in [4.78, 5) is 10.5. The van der Waals surface area contributed by atoms with Gasteiger partial charge in [-0.15, -0.1) is 0 Å². The Morgan fingerprint density at radius 3 is 2.48 bits per heavy atom. The molecule has 23 heavy (non-hydrogen) atoms. The first kappa shape index (κ1) is 17.8. The number of benzene rings is 1. The van der Waals surface area contributed by atoms with Gasteiger partial charge in [-0.1, -0.05) is 19.9 Å². The number of piperidine rings is 1. The van der Waals surface area contributed by atoms with Crippen LogP contribution in [0.1, 0.15) is 31.4 Å². The molecule has 0 aromatic heterocycles. The lowest BCUT2D eigenvalue weighted by Gasteiger charge is -2.41. The summed E-state index contributed by atoms with van der Waals surface area (Å²) in [5.74, 6) is 0. The van der Waals surface area contributed by atoms with Gasteiger partial charge in [-0.05, 0) is 36.8 Å².